The molecule has 2 aliphatic rings. The molecule has 2 saturated heterocycles. The number of carbonyl (C=O) groups is 1. The van der Waals surface area contributed by atoms with Crippen LogP contribution in [0.3, 0.4) is 0 Å². The van der Waals surface area contributed by atoms with Crippen LogP contribution in [0.5, 0.6) is 0 Å². The Morgan fingerprint density at radius 2 is 1.25 bits per heavy atom. The molecule has 0 aromatic heterocycles. The number of rotatable bonds is 6. The minimum Gasteiger partial charge on any atom is -0.304 e. The fourth-order valence-electron chi connectivity index (χ4n) is 2.89. The molecule has 0 spiro atoms. The lowest BCUT2D eigenvalue weighted by atomic mass is 10.2. The van der Waals surface area contributed by atoms with Gasteiger partial charge in [-0.2, -0.15) is 0 Å². The molecule has 0 aromatic carbocycles. The third-order valence-corrected chi connectivity index (χ3v) is 4.59. The lowest BCUT2D eigenvalue weighted by molar-refractivity contribution is -0.120. The van der Waals surface area contributed by atoms with Crippen LogP contribution in [0, 0.1) is 0 Å². The van der Waals surface area contributed by atoms with Crippen molar-refractivity contribution in [2.24, 2.45) is 0 Å². The molecule has 0 bridgehead atoms. The first kappa shape index (κ1) is 15.9. The third kappa shape index (κ3) is 5.13. The zero-order chi connectivity index (χ0) is 14.4. The van der Waals surface area contributed by atoms with Crippen LogP contribution in [-0.4, -0.2) is 104 Å². The van der Waals surface area contributed by atoms with Gasteiger partial charge in [0.25, 0.3) is 0 Å². The number of hydrogen-bond acceptors (Lipinski definition) is 5. The summed E-state index contributed by atoms with van der Waals surface area (Å²) in [4.78, 5) is 21.3. The first-order chi connectivity index (χ1) is 9.67. The molecule has 0 unspecified atom stereocenters. The van der Waals surface area contributed by atoms with Crippen molar-refractivity contribution in [3.63, 3.8) is 0 Å². The number of carbonyl (C=O) groups excluding carboxylic acids is 1. The molecule has 0 saturated carbocycles. The highest BCUT2D eigenvalue weighted by atomic mass is 16.1. The predicted molar refractivity (Wildman–Crippen MR) is 82.1 cm³/mol. The van der Waals surface area contributed by atoms with Gasteiger partial charge < -0.3 is 4.90 Å². The molecule has 20 heavy (non-hydrogen) atoms. The fourth-order valence-corrected chi connectivity index (χ4v) is 2.89. The van der Waals surface area contributed by atoms with Crippen LogP contribution in [0.1, 0.15) is 13.3 Å². The number of piperazine rings is 2. The van der Waals surface area contributed by atoms with Crippen molar-refractivity contribution >= 4 is 5.78 Å². The summed E-state index contributed by atoms with van der Waals surface area (Å²) in [6, 6.07) is 0. The van der Waals surface area contributed by atoms with Gasteiger partial charge in [0.1, 0.15) is 5.78 Å². The van der Waals surface area contributed by atoms with Gasteiger partial charge in [0.05, 0.1) is 6.54 Å². The maximum Gasteiger partial charge on any atom is 0.146 e. The molecule has 0 amide bonds. The van der Waals surface area contributed by atoms with Crippen LogP contribution in [0.2, 0.25) is 0 Å². The minimum atomic E-state index is 0.371. The Labute approximate surface area is 123 Å². The maximum atomic E-state index is 11.5. The van der Waals surface area contributed by atoms with Gasteiger partial charge in [-0.25, -0.2) is 0 Å². The molecule has 0 atom stereocenters. The average molecular weight is 282 g/mol. The Morgan fingerprint density at radius 3 is 1.75 bits per heavy atom. The van der Waals surface area contributed by atoms with Crippen molar-refractivity contribution in [3.8, 4) is 0 Å². The summed E-state index contributed by atoms with van der Waals surface area (Å²) < 4.78 is 0. The van der Waals surface area contributed by atoms with Crippen molar-refractivity contribution in [3.05, 3.63) is 0 Å². The molecule has 0 N–H and O–H groups in total. The SMILES string of the molecule is CCC(=O)CN1CCN(CCN2CCN(C)CC2)CC1. The van der Waals surface area contributed by atoms with Gasteiger partial charge in [-0.1, -0.05) is 6.92 Å². The van der Waals surface area contributed by atoms with Gasteiger partial charge in [-0.3, -0.25) is 19.5 Å². The van der Waals surface area contributed by atoms with E-state index in [1.807, 2.05) is 6.92 Å². The Bertz CT molecular complexity index is 294. The van der Waals surface area contributed by atoms with Crippen molar-refractivity contribution in [2.45, 2.75) is 13.3 Å². The summed E-state index contributed by atoms with van der Waals surface area (Å²) in [6.07, 6.45) is 0.670. The van der Waals surface area contributed by atoms with Crippen molar-refractivity contribution in [1.82, 2.24) is 19.6 Å². The monoisotopic (exact) mass is 282 g/mol. The molecule has 0 aromatic rings. The Morgan fingerprint density at radius 1 is 0.800 bits per heavy atom. The molecule has 5 nitrogen and oxygen atoms in total. The molecule has 2 aliphatic heterocycles. The summed E-state index contributed by atoms with van der Waals surface area (Å²) in [6.45, 7) is 14.1. The molecule has 0 radical (unpaired) electrons. The Kier molecular flexibility index (Phi) is 6.42. The molecule has 2 rings (SSSR count). The standard InChI is InChI=1S/C15H30N4O/c1-3-15(20)14-19-12-10-18(11-13-19)9-8-17-6-4-16(2)5-7-17/h3-14H2,1-2H3. The number of likely N-dealkylation sites (N-methyl/N-ethyl adjacent to an activating group) is 1. The van der Waals surface area contributed by atoms with E-state index in [2.05, 4.69) is 26.6 Å². The van der Waals surface area contributed by atoms with E-state index in [1.165, 1.54) is 39.3 Å². The molecule has 5 heteroatoms. The number of Topliss-reactive ketones (excluding diaryl/α,β-unsaturated/α-hetero) is 1. The van der Waals surface area contributed by atoms with E-state index in [0.717, 1.165) is 26.2 Å². The number of ketones is 1. The largest absolute Gasteiger partial charge is 0.304 e. The number of nitrogens with zero attached hydrogens (tertiary/aromatic N) is 4. The molecule has 2 fully saturated rings. The second-order valence-electron chi connectivity index (χ2n) is 6.15. The highest BCUT2D eigenvalue weighted by molar-refractivity contribution is 5.80. The normalized spacial score (nSPS) is 24.1. The van der Waals surface area contributed by atoms with Crippen LogP contribution >= 0.6 is 0 Å². The Balaban J connectivity index is 1.59. The van der Waals surface area contributed by atoms with E-state index in [4.69, 9.17) is 0 Å². The van der Waals surface area contributed by atoms with E-state index in [9.17, 15) is 4.79 Å². The van der Waals surface area contributed by atoms with Gasteiger partial charge in [0.15, 0.2) is 0 Å². The first-order valence-electron chi connectivity index (χ1n) is 8.04. The van der Waals surface area contributed by atoms with Crippen LogP contribution < -0.4 is 0 Å². The predicted octanol–water partition coefficient (Wildman–Crippen LogP) is -0.169. The van der Waals surface area contributed by atoms with Gasteiger partial charge in [-0.05, 0) is 7.05 Å². The van der Waals surface area contributed by atoms with Crippen LogP contribution in [0.4, 0.5) is 0 Å². The zero-order valence-corrected chi connectivity index (χ0v) is 13.2. The smallest absolute Gasteiger partial charge is 0.146 e. The maximum absolute atomic E-state index is 11.5. The van der Waals surface area contributed by atoms with E-state index in [1.54, 1.807) is 0 Å². The lowest BCUT2D eigenvalue weighted by Crippen LogP contribution is -2.51. The topological polar surface area (TPSA) is 30.0 Å². The summed E-state index contributed by atoms with van der Waals surface area (Å²) in [5.74, 6) is 0.371. The average Bonchev–Trinajstić information content (AvgIpc) is 2.48. The zero-order valence-electron chi connectivity index (χ0n) is 13.2. The van der Waals surface area contributed by atoms with Crippen LogP contribution in [0.25, 0.3) is 0 Å². The third-order valence-electron chi connectivity index (χ3n) is 4.59. The molecule has 0 aliphatic carbocycles. The highest BCUT2D eigenvalue weighted by Gasteiger charge is 2.19. The van der Waals surface area contributed by atoms with Gasteiger partial charge in [0, 0.05) is 71.9 Å². The fraction of sp³-hybridized carbons (Fsp3) is 0.933. The lowest BCUT2D eigenvalue weighted by Gasteiger charge is -2.37. The molecule has 2 heterocycles. The van der Waals surface area contributed by atoms with E-state index >= 15 is 0 Å². The molecule has 116 valence electrons. The quantitative estimate of drug-likeness (QED) is 0.675. The summed E-state index contributed by atoms with van der Waals surface area (Å²) in [5.41, 5.74) is 0. The van der Waals surface area contributed by atoms with Gasteiger partial charge in [0.2, 0.25) is 0 Å². The van der Waals surface area contributed by atoms with Crippen molar-refractivity contribution in [1.29, 1.82) is 0 Å². The second-order valence-corrected chi connectivity index (χ2v) is 6.15. The molecular weight excluding hydrogens is 252 g/mol. The minimum absolute atomic E-state index is 0.371. The Hall–Kier alpha value is -0.490. The van der Waals surface area contributed by atoms with Crippen LogP contribution in [-0.2, 0) is 4.79 Å². The van der Waals surface area contributed by atoms with Gasteiger partial charge in [-0.15, -0.1) is 0 Å². The summed E-state index contributed by atoms with van der Waals surface area (Å²) >= 11 is 0. The van der Waals surface area contributed by atoms with E-state index in [0.29, 0.717) is 18.7 Å². The van der Waals surface area contributed by atoms with Crippen molar-refractivity contribution in [2.75, 3.05) is 79.0 Å². The van der Waals surface area contributed by atoms with E-state index < -0.39 is 0 Å². The number of hydrogen-bond donors (Lipinski definition) is 0. The molecular formula is C15H30N4O. The van der Waals surface area contributed by atoms with Crippen LogP contribution in [0.15, 0.2) is 0 Å². The first-order valence-corrected chi connectivity index (χ1v) is 8.04. The van der Waals surface area contributed by atoms with Gasteiger partial charge >= 0.3 is 0 Å². The summed E-state index contributed by atoms with van der Waals surface area (Å²) in [7, 11) is 2.20. The van der Waals surface area contributed by atoms with E-state index in [-0.39, 0.29) is 0 Å². The highest BCUT2D eigenvalue weighted by Crippen LogP contribution is 2.04. The van der Waals surface area contributed by atoms with Crippen molar-refractivity contribution < 1.29 is 4.79 Å². The second kappa shape index (κ2) is 8.08. The summed E-state index contributed by atoms with van der Waals surface area (Å²) in [5, 5.41) is 0.